The molecule has 0 saturated heterocycles. The first-order valence-corrected chi connectivity index (χ1v) is 5.26. The standard InChI is InChI=1S/C11H12N2O6/c1-5-2-3-6(9(16)12-5)10(17)13-7(11(18)19)4-8(14)15/h2-3,7H,4H2,1H3,(H,12,16)(H,13,17)(H,14,15)(H,18,19). The van der Waals surface area contributed by atoms with Crippen LogP contribution in [0.1, 0.15) is 22.5 Å². The van der Waals surface area contributed by atoms with Gasteiger partial charge in [0.05, 0.1) is 6.42 Å². The van der Waals surface area contributed by atoms with Crippen molar-refractivity contribution in [3.05, 3.63) is 33.7 Å². The maximum Gasteiger partial charge on any atom is 0.326 e. The van der Waals surface area contributed by atoms with E-state index in [0.29, 0.717) is 5.69 Å². The molecule has 0 bridgehead atoms. The lowest BCUT2D eigenvalue weighted by Crippen LogP contribution is -2.43. The molecule has 1 amide bonds. The van der Waals surface area contributed by atoms with Crippen molar-refractivity contribution in [2.75, 3.05) is 0 Å². The quantitative estimate of drug-likeness (QED) is 0.559. The van der Waals surface area contributed by atoms with Crippen LogP contribution in [0.3, 0.4) is 0 Å². The van der Waals surface area contributed by atoms with Gasteiger partial charge in [0.15, 0.2) is 0 Å². The molecule has 0 saturated carbocycles. The normalized spacial score (nSPS) is 11.6. The molecule has 102 valence electrons. The van der Waals surface area contributed by atoms with Crippen LogP contribution in [0.4, 0.5) is 0 Å². The second-order valence-corrected chi connectivity index (χ2v) is 3.85. The van der Waals surface area contributed by atoms with Crippen molar-refractivity contribution in [2.45, 2.75) is 19.4 Å². The van der Waals surface area contributed by atoms with Crippen LogP contribution in [0.15, 0.2) is 16.9 Å². The number of aromatic nitrogens is 1. The molecule has 1 rings (SSSR count). The van der Waals surface area contributed by atoms with Gasteiger partial charge in [-0.2, -0.15) is 0 Å². The van der Waals surface area contributed by atoms with Gasteiger partial charge in [-0.1, -0.05) is 0 Å². The van der Waals surface area contributed by atoms with Gasteiger partial charge in [0.2, 0.25) is 0 Å². The van der Waals surface area contributed by atoms with E-state index >= 15 is 0 Å². The Morgan fingerprint density at radius 2 is 1.95 bits per heavy atom. The lowest BCUT2D eigenvalue weighted by atomic mass is 10.2. The highest BCUT2D eigenvalue weighted by Crippen LogP contribution is 1.98. The van der Waals surface area contributed by atoms with Crippen molar-refractivity contribution in [3.63, 3.8) is 0 Å². The van der Waals surface area contributed by atoms with Crippen molar-refractivity contribution in [1.29, 1.82) is 0 Å². The number of H-pyrrole nitrogens is 1. The van der Waals surface area contributed by atoms with Gasteiger partial charge in [0.1, 0.15) is 11.6 Å². The number of aromatic amines is 1. The summed E-state index contributed by atoms with van der Waals surface area (Å²) in [6, 6.07) is 1.12. The third kappa shape index (κ3) is 3.95. The molecule has 0 aromatic carbocycles. The number of aliphatic carboxylic acids is 2. The Kier molecular flexibility index (Phi) is 4.41. The molecule has 8 heteroatoms. The van der Waals surface area contributed by atoms with Crippen LogP contribution in [0.25, 0.3) is 0 Å². The van der Waals surface area contributed by atoms with Crippen LogP contribution in [-0.4, -0.2) is 39.1 Å². The first kappa shape index (κ1) is 14.4. The van der Waals surface area contributed by atoms with Gasteiger partial charge in [-0.15, -0.1) is 0 Å². The summed E-state index contributed by atoms with van der Waals surface area (Å²) in [5.41, 5.74) is -0.402. The number of carbonyl (C=O) groups is 3. The Morgan fingerprint density at radius 1 is 1.32 bits per heavy atom. The summed E-state index contributed by atoms with van der Waals surface area (Å²) < 4.78 is 0. The van der Waals surface area contributed by atoms with E-state index in [0.717, 1.165) is 0 Å². The van der Waals surface area contributed by atoms with Gasteiger partial charge in [0.25, 0.3) is 11.5 Å². The molecule has 1 aromatic heterocycles. The number of hydrogen-bond donors (Lipinski definition) is 4. The van der Waals surface area contributed by atoms with E-state index in [1.807, 2.05) is 5.32 Å². The fourth-order valence-electron chi connectivity index (χ4n) is 1.36. The predicted molar refractivity (Wildman–Crippen MR) is 62.9 cm³/mol. The fraction of sp³-hybridized carbons (Fsp3) is 0.273. The van der Waals surface area contributed by atoms with E-state index in [9.17, 15) is 19.2 Å². The van der Waals surface area contributed by atoms with Gasteiger partial charge in [-0.25, -0.2) is 4.79 Å². The first-order valence-electron chi connectivity index (χ1n) is 5.26. The summed E-state index contributed by atoms with van der Waals surface area (Å²) in [6.07, 6.45) is -0.773. The average molecular weight is 268 g/mol. The van der Waals surface area contributed by atoms with Crippen LogP contribution < -0.4 is 10.9 Å². The van der Waals surface area contributed by atoms with Crippen molar-refractivity contribution in [2.24, 2.45) is 0 Å². The minimum Gasteiger partial charge on any atom is -0.481 e. The average Bonchev–Trinajstić information content (AvgIpc) is 2.26. The Bertz CT molecular complexity index is 577. The maximum atomic E-state index is 11.7. The molecule has 0 spiro atoms. The monoisotopic (exact) mass is 268 g/mol. The summed E-state index contributed by atoms with van der Waals surface area (Å²) in [5.74, 6) is -3.79. The van der Waals surface area contributed by atoms with Crippen LogP contribution in [0.2, 0.25) is 0 Å². The van der Waals surface area contributed by atoms with Gasteiger partial charge >= 0.3 is 11.9 Å². The van der Waals surface area contributed by atoms with Crippen LogP contribution in [-0.2, 0) is 9.59 Å². The molecule has 8 nitrogen and oxygen atoms in total. The molecule has 1 aromatic rings. The van der Waals surface area contributed by atoms with E-state index in [4.69, 9.17) is 10.2 Å². The summed E-state index contributed by atoms with van der Waals surface area (Å²) in [7, 11) is 0. The predicted octanol–water partition coefficient (Wildman–Crippen LogP) is -0.659. The van der Waals surface area contributed by atoms with E-state index < -0.39 is 35.9 Å². The molecule has 4 N–H and O–H groups in total. The summed E-state index contributed by atoms with van der Waals surface area (Å²) >= 11 is 0. The van der Waals surface area contributed by atoms with Gasteiger partial charge in [-0.3, -0.25) is 14.4 Å². The van der Waals surface area contributed by atoms with Gasteiger partial charge in [-0.05, 0) is 19.1 Å². The molecule has 0 fully saturated rings. The van der Waals surface area contributed by atoms with E-state index in [2.05, 4.69) is 4.98 Å². The van der Waals surface area contributed by atoms with Gasteiger partial charge in [0, 0.05) is 5.69 Å². The third-order valence-electron chi connectivity index (χ3n) is 2.28. The molecular formula is C11H12N2O6. The zero-order chi connectivity index (χ0) is 14.6. The second kappa shape index (κ2) is 5.80. The molecule has 0 aliphatic heterocycles. The zero-order valence-electron chi connectivity index (χ0n) is 9.97. The Balaban J connectivity index is 2.91. The number of amides is 1. The number of aryl methyl sites for hydroxylation is 1. The highest BCUT2D eigenvalue weighted by Gasteiger charge is 2.24. The largest absolute Gasteiger partial charge is 0.481 e. The summed E-state index contributed by atoms with van der Waals surface area (Å²) in [4.78, 5) is 46.8. The highest BCUT2D eigenvalue weighted by molar-refractivity contribution is 5.97. The number of carboxylic acid groups (broad SMARTS) is 2. The SMILES string of the molecule is Cc1ccc(C(=O)NC(CC(=O)O)C(=O)O)c(=O)[nH]1. The molecule has 0 aliphatic rings. The van der Waals surface area contributed by atoms with E-state index in [1.165, 1.54) is 12.1 Å². The summed E-state index contributed by atoms with van der Waals surface area (Å²) in [5, 5.41) is 19.3. The highest BCUT2D eigenvalue weighted by atomic mass is 16.4. The second-order valence-electron chi connectivity index (χ2n) is 3.85. The molecule has 1 unspecified atom stereocenters. The minimum absolute atomic E-state index is 0.276. The maximum absolute atomic E-state index is 11.7. The van der Waals surface area contributed by atoms with E-state index in [1.54, 1.807) is 6.92 Å². The Morgan fingerprint density at radius 3 is 2.42 bits per heavy atom. The van der Waals surface area contributed by atoms with Crippen molar-refractivity contribution in [3.8, 4) is 0 Å². The number of carboxylic acids is 2. The molecule has 19 heavy (non-hydrogen) atoms. The number of rotatable bonds is 5. The molecule has 1 heterocycles. The van der Waals surface area contributed by atoms with Crippen LogP contribution in [0.5, 0.6) is 0 Å². The molecule has 0 radical (unpaired) electrons. The lowest BCUT2D eigenvalue weighted by Gasteiger charge is -2.11. The van der Waals surface area contributed by atoms with Gasteiger partial charge < -0.3 is 20.5 Å². The molecule has 0 aliphatic carbocycles. The molecular weight excluding hydrogens is 256 g/mol. The number of hydrogen-bond acceptors (Lipinski definition) is 4. The lowest BCUT2D eigenvalue weighted by molar-refractivity contribution is -0.145. The van der Waals surface area contributed by atoms with E-state index in [-0.39, 0.29) is 5.56 Å². The van der Waals surface area contributed by atoms with Crippen LogP contribution in [0, 0.1) is 6.92 Å². The fourth-order valence-corrected chi connectivity index (χ4v) is 1.36. The number of carbonyl (C=O) groups excluding carboxylic acids is 1. The minimum atomic E-state index is -1.59. The topological polar surface area (TPSA) is 137 Å². The molecule has 1 atom stereocenters. The first-order chi connectivity index (χ1) is 8.81. The Labute approximate surface area is 107 Å². The third-order valence-corrected chi connectivity index (χ3v) is 2.28. The van der Waals surface area contributed by atoms with Crippen LogP contribution >= 0.6 is 0 Å². The Hall–Kier alpha value is -2.64. The smallest absolute Gasteiger partial charge is 0.326 e. The number of nitrogens with one attached hydrogen (secondary N) is 2. The zero-order valence-corrected chi connectivity index (χ0v) is 9.97. The van der Waals surface area contributed by atoms with Crippen molar-refractivity contribution >= 4 is 17.8 Å². The summed E-state index contributed by atoms with van der Waals surface area (Å²) in [6.45, 7) is 1.62. The number of pyridine rings is 1. The van der Waals surface area contributed by atoms with Crippen molar-refractivity contribution < 1.29 is 24.6 Å². The van der Waals surface area contributed by atoms with Crippen molar-refractivity contribution in [1.82, 2.24) is 10.3 Å².